The van der Waals surface area contributed by atoms with E-state index in [0.717, 1.165) is 99.5 Å². The first-order chi connectivity index (χ1) is 31.5. The first-order valence-electron chi connectivity index (χ1n) is 21.3. The van der Waals surface area contributed by atoms with E-state index in [1.165, 1.54) is 0 Å². The van der Waals surface area contributed by atoms with Crippen LogP contribution in [0.2, 0.25) is 0 Å². The van der Waals surface area contributed by atoms with Gasteiger partial charge in [-0.15, -0.1) is 0 Å². The summed E-state index contributed by atoms with van der Waals surface area (Å²) in [6.07, 6.45) is 0. The van der Waals surface area contributed by atoms with Crippen molar-refractivity contribution in [3.8, 4) is 33.6 Å². The number of nitrogens with zero attached hydrogens (tertiary/aromatic N) is 2. The molecule has 11 aromatic rings. The molecule has 0 radical (unpaired) electrons. The Hall–Kier alpha value is -7.90. The summed E-state index contributed by atoms with van der Waals surface area (Å²) in [4.78, 5) is 29.6. The minimum Gasteiger partial charge on any atom is -0.309 e. The summed E-state index contributed by atoms with van der Waals surface area (Å²) in [6, 6.07) is 66.0. The number of aromatic nitrogens is 2. The predicted molar refractivity (Wildman–Crippen MR) is 267 cm³/mol. The zero-order chi connectivity index (χ0) is 42.8. The van der Waals surface area contributed by atoms with Gasteiger partial charge in [-0.05, 0) is 71.8 Å². The minimum atomic E-state index is -0.0260. The molecular weight excluding hydrogens is 821 g/mol. The van der Waals surface area contributed by atoms with Gasteiger partial charge in [-0.1, -0.05) is 158 Å². The Kier molecular flexibility index (Phi) is 7.92. The number of thiocarbonyl (C=S) groups is 2. The highest BCUT2D eigenvalue weighted by Crippen LogP contribution is 2.52. The van der Waals surface area contributed by atoms with Crippen molar-refractivity contribution in [2.45, 2.75) is 0 Å². The first kappa shape index (κ1) is 36.7. The molecule has 2 heterocycles. The smallest absolute Gasteiger partial charge is 0.194 e. The van der Waals surface area contributed by atoms with Crippen LogP contribution in [0.3, 0.4) is 0 Å². The Morgan fingerprint density at radius 3 is 1.09 bits per heavy atom. The summed E-state index contributed by atoms with van der Waals surface area (Å²) in [5, 5.41) is 4.25. The van der Waals surface area contributed by atoms with Crippen LogP contribution in [-0.4, -0.2) is 30.4 Å². The van der Waals surface area contributed by atoms with Crippen molar-refractivity contribution in [3.63, 3.8) is 0 Å². The van der Waals surface area contributed by atoms with Crippen LogP contribution in [0.5, 0.6) is 0 Å². The Labute approximate surface area is 378 Å². The lowest BCUT2D eigenvalue weighted by Crippen LogP contribution is -2.20. The second kappa shape index (κ2) is 13.8. The fourth-order valence-corrected chi connectivity index (χ4v) is 11.2. The molecule has 13 rings (SSSR count). The van der Waals surface area contributed by atoms with Crippen LogP contribution in [0.15, 0.2) is 194 Å². The van der Waals surface area contributed by atoms with Crippen LogP contribution in [0, 0.1) is 0 Å². The third-order valence-corrected chi connectivity index (χ3v) is 14.1. The maximum absolute atomic E-state index is 14.1. The highest BCUT2D eigenvalue weighted by atomic mass is 32.1. The molecule has 2 aliphatic carbocycles. The maximum Gasteiger partial charge on any atom is 0.194 e. The third-order valence-electron chi connectivity index (χ3n) is 13.2. The lowest BCUT2D eigenvalue weighted by atomic mass is 9.81. The summed E-state index contributed by atoms with van der Waals surface area (Å²) in [5.41, 5.74) is 15.6. The van der Waals surface area contributed by atoms with E-state index < -0.39 is 0 Å². The maximum atomic E-state index is 14.1. The number of hydrogen-bond acceptors (Lipinski definition) is 4. The molecule has 9 aromatic carbocycles. The number of rotatable bonds is 4. The Balaban J connectivity index is 1.26. The normalized spacial score (nSPS) is 13.1. The Morgan fingerprint density at radius 1 is 0.328 bits per heavy atom. The van der Waals surface area contributed by atoms with Crippen molar-refractivity contribution in [1.29, 1.82) is 0 Å². The second-order valence-corrected chi connectivity index (χ2v) is 17.3. The molecule has 0 atom stereocenters. The van der Waals surface area contributed by atoms with Crippen LogP contribution in [-0.2, 0) is 0 Å². The zero-order valence-corrected chi connectivity index (χ0v) is 35.6. The van der Waals surface area contributed by atoms with E-state index in [2.05, 4.69) is 130 Å². The van der Waals surface area contributed by atoms with E-state index in [4.69, 9.17) is 24.4 Å². The average Bonchev–Trinajstić information content (AvgIpc) is 3.88. The summed E-state index contributed by atoms with van der Waals surface area (Å²) >= 11 is 12.5. The summed E-state index contributed by atoms with van der Waals surface area (Å²) in [7, 11) is 0. The van der Waals surface area contributed by atoms with Gasteiger partial charge in [-0.25, -0.2) is 0 Å². The average molecular weight is 853 g/mol. The van der Waals surface area contributed by atoms with Gasteiger partial charge < -0.3 is 9.13 Å². The summed E-state index contributed by atoms with van der Waals surface area (Å²) in [5.74, 6) is -0.0520. The summed E-state index contributed by atoms with van der Waals surface area (Å²) in [6.45, 7) is 0. The molecule has 0 saturated heterocycles. The molecule has 6 heteroatoms. The third kappa shape index (κ3) is 5.03. The molecule has 0 bridgehead atoms. The largest absolute Gasteiger partial charge is 0.309 e. The molecule has 0 unspecified atom stereocenters. The standard InChI is InChI=1S/C58H32N2O2S2/c61-55-37-19-7-9-21-41(37)57(63)45-31-33(27-29-39(45)55)49-52-44-24-12-14-26-48(44)60(36-17-5-2-6-18-36)54(52)50(34-28-30-40-46(32-34)58(64)42-22-10-8-20-38(42)56(40)62)51-43-23-11-13-25-47(43)59(53(49)51)35-15-3-1-4-16-35/h1-32H. The quantitative estimate of drug-likeness (QED) is 0.165. The van der Waals surface area contributed by atoms with Gasteiger partial charge in [0.25, 0.3) is 0 Å². The van der Waals surface area contributed by atoms with Crippen molar-refractivity contribution < 1.29 is 9.59 Å². The predicted octanol–water partition coefficient (Wildman–Crippen LogP) is 13.8. The van der Waals surface area contributed by atoms with Crippen LogP contribution >= 0.6 is 24.4 Å². The van der Waals surface area contributed by atoms with Gasteiger partial charge in [-0.3, -0.25) is 9.59 Å². The first-order valence-corrected chi connectivity index (χ1v) is 22.1. The Bertz CT molecular complexity index is 3660. The molecule has 0 N–H and O–H groups in total. The van der Waals surface area contributed by atoms with Gasteiger partial charge in [-0.2, -0.15) is 0 Å². The molecule has 298 valence electrons. The topological polar surface area (TPSA) is 44.0 Å². The molecule has 0 fully saturated rings. The number of benzene rings is 9. The number of para-hydroxylation sites is 4. The molecule has 2 aromatic heterocycles. The van der Waals surface area contributed by atoms with E-state index in [0.29, 0.717) is 32.0 Å². The van der Waals surface area contributed by atoms with Gasteiger partial charge in [0.1, 0.15) is 0 Å². The highest BCUT2D eigenvalue weighted by molar-refractivity contribution is 7.81. The van der Waals surface area contributed by atoms with E-state index in [1.807, 2.05) is 72.8 Å². The molecule has 64 heavy (non-hydrogen) atoms. The van der Waals surface area contributed by atoms with Crippen LogP contribution in [0.4, 0.5) is 0 Å². The van der Waals surface area contributed by atoms with Crippen LogP contribution in [0.25, 0.3) is 77.2 Å². The van der Waals surface area contributed by atoms with Crippen molar-refractivity contribution in [2.24, 2.45) is 0 Å². The van der Waals surface area contributed by atoms with E-state index in [-0.39, 0.29) is 11.6 Å². The van der Waals surface area contributed by atoms with Gasteiger partial charge >= 0.3 is 0 Å². The SMILES string of the molecule is O=C1c2ccccc2C(=S)c2cc(-c3c4c5ccccc5n(-c5ccccc5)c4c(-c4ccc5c(c4)C(=S)c4ccccc4C5=O)c4c5ccccc5n(-c5ccccc5)c34)ccc21. The molecule has 0 spiro atoms. The van der Waals surface area contributed by atoms with Gasteiger partial charge in [0.15, 0.2) is 11.6 Å². The number of carbonyl (C=O) groups is 2. The fraction of sp³-hybridized carbons (Fsp3) is 0. The molecule has 4 nitrogen and oxygen atoms in total. The molecule has 0 amide bonds. The van der Waals surface area contributed by atoms with Gasteiger partial charge in [0, 0.05) is 88.6 Å². The molecular formula is C58H32N2O2S2. The van der Waals surface area contributed by atoms with Crippen LogP contribution in [0.1, 0.15) is 54.1 Å². The van der Waals surface area contributed by atoms with Crippen molar-refractivity contribution >= 4 is 89.3 Å². The van der Waals surface area contributed by atoms with E-state index >= 15 is 0 Å². The number of hydrogen-bond donors (Lipinski definition) is 0. The number of ketones is 2. The lowest BCUT2D eigenvalue weighted by Gasteiger charge is -2.23. The van der Waals surface area contributed by atoms with Crippen LogP contribution < -0.4 is 0 Å². The molecule has 0 saturated carbocycles. The minimum absolute atomic E-state index is 0.0260. The van der Waals surface area contributed by atoms with Gasteiger partial charge in [0.05, 0.1) is 31.8 Å². The Morgan fingerprint density at radius 2 is 0.672 bits per heavy atom. The molecule has 2 aliphatic rings. The number of carbonyl (C=O) groups excluding carboxylic acids is 2. The zero-order valence-electron chi connectivity index (χ0n) is 34.0. The second-order valence-electron chi connectivity index (χ2n) is 16.5. The van der Waals surface area contributed by atoms with E-state index in [9.17, 15) is 9.59 Å². The van der Waals surface area contributed by atoms with Gasteiger partial charge in [0.2, 0.25) is 0 Å². The van der Waals surface area contributed by atoms with Crippen molar-refractivity contribution in [3.05, 3.63) is 239 Å². The monoisotopic (exact) mass is 852 g/mol. The van der Waals surface area contributed by atoms with E-state index in [1.54, 1.807) is 0 Å². The fourth-order valence-electron chi connectivity index (χ4n) is 10.5. The highest BCUT2D eigenvalue weighted by Gasteiger charge is 2.33. The molecule has 0 aliphatic heterocycles. The van der Waals surface area contributed by atoms with Crippen molar-refractivity contribution in [2.75, 3.05) is 0 Å². The lowest BCUT2D eigenvalue weighted by molar-refractivity contribution is 0.103. The summed E-state index contributed by atoms with van der Waals surface area (Å²) < 4.78 is 4.78. The number of fused-ring (bicyclic) bond motifs is 10. The van der Waals surface area contributed by atoms with Crippen molar-refractivity contribution in [1.82, 2.24) is 9.13 Å².